The molecule has 2 N–H and O–H groups in total. The summed E-state index contributed by atoms with van der Waals surface area (Å²) in [5.74, 6) is -0.286. The highest BCUT2D eigenvalue weighted by Crippen LogP contribution is 2.27. The molecule has 2 rings (SSSR count). The Balaban J connectivity index is 2.20. The maximum atomic E-state index is 13.3. The first-order valence-electron chi connectivity index (χ1n) is 5.61. The highest BCUT2D eigenvalue weighted by molar-refractivity contribution is 9.10. The van der Waals surface area contributed by atoms with E-state index in [1.165, 1.54) is 12.1 Å². The minimum Gasteiger partial charge on any atom is -0.324 e. The SMILES string of the molecule is NC(Cc1cc(F)cc(Br)c1)c1ccc(Cl)c(Cl)c1. The summed E-state index contributed by atoms with van der Waals surface area (Å²) < 4.78 is 14.0. The van der Waals surface area contributed by atoms with Crippen molar-refractivity contribution in [3.63, 3.8) is 0 Å². The van der Waals surface area contributed by atoms with Gasteiger partial charge >= 0.3 is 0 Å². The first-order chi connectivity index (χ1) is 8.95. The van der Waals surface area contributed by atoms with Crippen LogP contribution >= 0.6 is 39.1 Å². The van der Waals surface area contributed by atoms with Gasteiger partial charge < -0.3 is 5.73 Å². The van der Waals surface area contributed by atoms with Crippen molar-refractivity contribution in [1.29, 1.82) is 0 Å². The molecular formula is C14H11BrCl2FN. The Morgan fingerprint density at radius 2 is 1.84 bits per heavy atom. The molecule has 0 aliphatic carbocycles. The third-order valence-electron chi connectivity index (χ3n) is 2.75. The molecule has 0 radical (unpaired) electrons. The first kappa shape index (κ1) is 14.8. The van der Waals surface area contributed by atoms with Gasteiger partial charge in [0.15, 0.2) is 0 Å². The summed E-state index contributed by atoms with van der Waals surface area (Å²) in [6.07, 6.45) is 0.522. The van der Waals surface area contributed by atoms with Crippen LogP contribution in [0.1, 0.15) is 17.2 Å². The van der Waals surface area contributed by atoms with Crippen LogP contribution in [0.15, 0.2) is 40.9 Å². The van der Waals surface area contributed by atoms with Gasteiger partial charge in [-0.1, -0.05) is 45.2 Å². The second-order valence-corrected chi connectivity index (χ2v) is 5.99. The van der Waals surface area contributed by atoms with Gasteiger partial charge in [0.25, 0.3) is 0 Å². The highest BCUT2D eigenvalue weighted by atomic mass is 79.9. The molecule has 0 aromatic heterocycles. The van der Waals surface area contributed by atoms with Gasteiger partial charge in [0.05, 0.1) is 10.0 Å². The molecule has 100 valence electrons. The molecule has 0 amide bonds. The molecule has 0 heterocycles. The number of halogens is 4. The highest BCUT2D eigenvalue weighted by Gasteiger charge is 2.10. The second kappa shape index (κ2) is 6.23. The van der Waals surface area contributed by atoms with Crippen LogP contribution in [0.2, 0.25) is 10.0 Å². The van der Waals surface area contributed by atoms with Crippen LogP contribution in [0.5, 0.6) is 0 Å². The molecule has 0 aliphatic heterocycles. The van der Waals surface area contributed by atoms with E-state index >= 15 is 0 Å². The zero-order valence-corrected chi connectivity index (χ0v) is 12.9. The van der Waals surface area contributed by atoms with Gasteiger partial charge in [0, 0.05) is 10.5 Å². The molecule has 2 aromatic carbocycles. The number of hydrogen-bond donors (Lipinski definition) is 1. The minimum absolute atomic E-state index is 0.261. The number of benzene rings is 2. The summed E-state index contributed by atoms with van der Waals surface area (Å²) >= 11 is 15.1. The molecule has 1 atom stereocenters. The first-order valence-corrected chi connectivity index (χ1v) is 7.16. The predicted molar refractivity (Wildman–Crippen MR) is 81.2 cm³/mol. The second-order valence-electron chi connectivity index (χ2n) is 4.26. The molecule has 0 saturated heterocycles. The number of hydrogen-bond acceptors (Lipinski definition) is 1. The molecule has 0 bridgehead atoms. The van der Waals surface area contributed by atoms with Crippen molar-refractivity contribution in [2.24, 2.45) is 5.73 Å². The normalized spacial score (nSPS) is 12.5. The lowest BCUT2D eigenvalue weighted by atomic mass is 10.00. The summed E-state index contributed by atoms with van der Waals surface area (Å²) in [6.45, 7) is 0. The summed E-state index contributed by atoms with van der Waals surface area (Å²) in [4.78, 5) is 0. The maximum Gasteiger partial charge on any atom is 0.124 e. The summed E-state index contributed by atoms with van der Waals surface area (Å²) in [6, 6.07) is 9.75. The summed E-state index contributed by atoms with van der Waals surface area (Å²) in [5.41, 5.74) is 7.80. The van der Waals surface area contributed by atoms with E-state index in [0.29, 0.717) is 20.9 Å². The van der Waals surface area contributed by atoms with E-state index in [1.54, 1.807) is 12.1 Å². The monoisotopic (exact) mass is 361 g/mol. The van der Waals surface area contributed by atoms with Gasteiger partial charge in [-0.3, -0.25) is 0 Å². The Bertz CT molecular complexity index is 584. The van der Waals surface area contributed by atoms with Crippen molar-refractivity contribution < 1.29 is 4.39 Å². The van der Waals surface area contributed by atoms with Crippen molar-refractivity contribution in [2.75, 3.05) is 0 Å². The van der Waals surface area contributed by atoms with E-state index < -0.39 is 0 Å². The predicted octanol–water partition coefficient (Wildman–Crippen LogP) is 5.14. The van der Waals surface area contributed by atoms with Crippen LogP contribution in [0.25, 0.3) is 0 Å². The fourth-order valence-electron chi connectivity index (χ4n) is 1.84. The van der Waals surface area contributed by atoms with Gasteiger partial charge in [-0.25, -0.2) is 4.39 Å². The molecule has 5 heteroatoms. The van der Waals surface area contributed by atoms with E-state index in [-0.39, 0.29) is 11.9 Å². The molecule has 0 aliphatic rings. The van der Waals surface area contributed by atoms with Crippen molar-refractivity contribution in [3.05, 3.63) is 67.9 Å². The number of rotatable bonds is 3. The molecular weight excluding hydrogens is 352 g/mol. The topological polar surface area (TPSA) is 26.0 Å². The third kappa shape index (κ3) is 3.93. The number of nitrogens with two attached hydrogens (primary N) is 1. The van der Waals surface area contributed by atoms with Crippen molar-refractivity contribution in [2.45, 2.75) is 12.5 Å². The van der Waals surface area contributed by atoms with Gasteiger partial charge in [0.2, 0.25) is 0 Å². The molecule has 1 unspecified atom stereocenters. The lowest BCUT2D eigenvalue weighted by Gasteiger charge is -2.13. The van der Waals surface area contributed by atoms with Crippen LogP contribution in [-0.4, -0.2) is 0 Å². The molecule has 0 saturated carbocycles. The van der Waals surface area contributed by atoms with Gasteiger partial charge in [-0.2, -0.15) is 0 Å². The largest absolute Gasteiger partial charge is 0.324 e. The molecule has 2 aromatic rings. The average Bonchev–Trinajstić information content (AvgIpc) is 2.31. The van der Waals surface area contributed by atoms with Crippen molar-refractivity contribution in [1.82, 2.24) is 0 Å². The Morgan fingerprint density at radius 1 is 1.11 bits per heavy atom. The fraction of sp³-hybridized carbons (Fsp3) is 0.143. The lowest BCUT2D eigenvalue weighted by Crippen LogP contribution is -2.13. The fourth-order valence-corrected chi connectivity index (χ4v) is 2.66. The Kier molecular flexibility index (Phi) is 4.85. The third-order valence-corrected chi connectivity index (χ3v) is 3.95. The van der Waals surface area contributed by atoms with Gasteiger partial charge in [0.1, 0.15) is 5.82 Å². The molecule has 19 heavy (non-hydrogen) atoms. The van der Waals surface area contributed by atoms with Crippen LogP contribution in [-0.2, 0) is 6.42 Å². The van der Waals surface area contributed by atoms with Gasteiger partial charge in [-0.05, 0) is 47.9 Å². The van der Waals surface area contributed by atoms with E-state index in [9.17, 15) is 4.39 Å². The van der Waals surface area contributed by atoms with Crippen LogP contribution in [0.4, 0.5) is 4.39 Å². The van der Waals surface area contributed by atoms with Gasteiger partial charge in [-0.15, -0.1) is 0 Å². The Morgan fingerprint density at radius 3 is 2.47 bits per heavy atom. The minimum atomic E-state index is -0.286. The molecule has 0 spiro atoms. The Labute approximate surface area is 129 Å². The summed E-state index contributed by atoms with van der Waals surface area (Å²) in [5, 5.41) is 0.959. The average molecular weight is 363 g/mol. The lowest BCUT2D eigenvalue weighted by molar-refractivity contribution is 0.621. The molecule has 1 nitrogen and oxygen atoms in total. The van der Waals surface area contributed by atoms with Crippen LogP contribution in [0.3, 0.4) is 0 Å². The zero-order valence-electron chi connectivity index (χ0n) is 9.84. The van der Waals surface area contributed by atoms with Crippen LogP contribution in [0, 0.1) is 5.82 Å². The van der Waals surface area contributed by atoms with E-state index in [0.717, 1.165) is 11.1 Å². The smallest absolute Gasteiger partial charge is 0.124 e. The Hall–Kier alpha value is -0.610. The quantitative estimate of drug-likeness (QED) is 0.803. The van der Waals surface area contributed by atoms with Crippen molar-refractivity contribution >= 4 is 39.1 Å². The molecule has 0 fully saturated rings. The van der Waals surface area contributed by atoms with Crippen molar-refractivity contribution in [3.8, 4) is 0 Å². The van der Waals surface area contributed by atoms with E-state index in [1.807, 2.05) is 12.1 Å². The maximum absolute atomic E-state index is 13.3. The summed E-state index contributed by atoms with van der Waals surface area (Å²) in [7, 11) is 0. The standard InChI is InChI=1S/C14H11BrCl2FN/c15-10-3-8(4-11(18)7-10)5-14(19)9-1-2-12(16)13(17)6-9/h1-4,6-7,14H,5,19H2. The van der Waals surface area contributed by atoms with E-state index in [2.05, 4.69) is 15.9 Å². The van der Waals surface area contributed by atoms with E-state index in [4.69, 9.17) is 28.9 Å². The zero-order chi connectivity index (χ0) is 14.0. The van der Waals surface area contributed by atoms with Crippen LogP contribution < -0.4 is 5.73 Å².